The molecule has 0 atom stereocenters. The molecule has 0 bridgehead atoms. The van der Waals surface area contributed by atoms with Crippen molar-refractivity contribution in [2.24, 2.45) is 0 Å². The number of carbonyl (C=O) groups is 2. The first-order valence-corrected chi connectivity index (χ1v) is 7.00. The topological polar surface area (TPSA) is 57.6 Å². The molecule has 0 aliphatic carbocycles. The molecule has 6 heteroatoms. The third-order valence-electron chi connectivity index (χ3n) is 2.52. The Morgan fingerprint density at radius 2 is 1.95 bits per heavy atom. The number of benzene rings is 1. The summed E-state index contributed by atoms with van der Waals surface area (Å²) in [6, 6.07) is 10.2. The van der Waals surface area contributed by atoms with Crippen LogP contribution in [0.15, 0.2) is 40.2 Å². The summed E-state index contributed by atoms with van der Waals surface area (Å²) < 4.78 is 0.954. The summed E-state index contributed by atoms with van der Waals surface area (Å²) in [4.78, 5) is 23.4. The van der Waals surface area contributed by atoms with Gasteiger partial charge in [0.25, 0.3) is 0 Å². The van der Waals surface area contributed by atoms with Crippen molar-refractivity contribution < 1.29 is 14.7 Å². The minimum Gasteiger partial charge on any atom is -0.478 e. The average Bonchev–Trinajstić information content (AvgIpc) is 2.83. The molecule has 0 saturated heterocycles. The Kier molecular flexibility index (Phi) is 4.34. The Labute approximate surface area is 122 Å². The summed E-state index contributed by atoms with van der Waals surface area (Å²) in [7, 11) is 0. The number of nitrogens with zero attached hydrogens (tertiary/aromatic N) is 1. The van der Waals surface area contributed by atoms with E-state index in [1.165, 1.54) is 23.5 Å². The van der Waals surface area contributed by atoms with Gasteiger partial charge in [0.1, 0.15) is 0 Å². The molecule has 1 aromatic carbocycles. The van der Waals surface area contributed by atoms with Gasteiger partial charge in [0.2, 0.25) is 6.41 Å². The van der Waals surface area contributed by atoms with Gasteiger partial charge in [-0.2, -0.15) is 0 Å². The van der Waals surface area contributed by atoms with Crippen molar-refractivity contribution in [3.8, 4) is 0 Å². The molecule has 2 rings (SSSR count). The van der Waals surface area contributed by atoms with Gasteiger partial charge in [-0.15, -0.1) is 11.3 Å². The van der Waals surface area contributed by atoms with Gasteiger partial charge < -0.3 is 10.0 Å². The van der Waals surface area contributed by atoms with E-state index in [1.54, 1.807) is 17.0 Å². The van der Waals surface area contributed by atoms with E-state index in [9.17, 15) is 9.59 Å². The zero-order valence-corrected chi connectivity index (χ0v) is 12.1. The number of amides is 1. The Morgan fingerprint density at radius 1 is 1.26 bits per heavy atom. The van der Waals surface area contributed by atoms with E-state index in [2.05, 4.69) is 15.9 Å². The fourth-order valence-corrected chi connectivity index (χ4v) is 2.90. The Hall–Kier alpha value is -1.66. The molecule has 2 aromatic rings. The molecule has 0 radical (unpaired) electrons. The fourth-order valence-electron chi connectivity index (χ4n) is 1.58. The van der Waals surface area contributed by atoms with Crippen molar-refractivity contribution in [2.45, 2.75) is 6.54 Å². The molecule has 1 heterocycles. The molecule has 0 spiro atoms. The standard InChI is InChI=1S/C13H10BrNO3S/c14-11-5-6-12(19-11)15(8-16)7-9-1-3-10(4-2-9)13(17)18/h1-6,8H,7H2,(H,17,18). The molecule has 19 heavy (non-hydrogen) atoms. The predicted octanol–water partition coefficient (Wildman–Crippen LogP) is 3.37. The highest BCUT2D eigenvalue weighted by Gasteiger charge is 2.09. The van der Waals surface area contributed by atoms with Crippen molar-refractivity contribution in [1.82, 2.24) is 0 Å². The molecule has 1 N–H and O–H groups in total. The van der Waals surface area contributed by atoms with Gasteiger partial charge in [-0.05, 0) is 45.8 Å². The third-order valence-corrected chi connectivity index (χ3v) is 4.18. The summed E-state index contributed by atoms with van der Waals surface area (Å²) in [5.74, 6) is -0.957. The first-order chi connectivity index (χ1) is 9.10. The molecular formula is C13H10BrNO3S. The fraction of sp³-hybridized carbons (Fsp3) is 0.0769. The summed E-state index contributed by atoms with van der Waals surface area (Å²) in [6.45, 7) is 0.413. The molecule has 0 saturated carbocycles. The van der Waals surface area contributed by atoms with Crippen LogP contribution >= 0.6 is 27.3 Å². The number of carbonyl (C=O) groups excluding carboxylic acids is 1. The summed E-state index contributed by atoms with van der Waals surface area (Å²) >= 11 is 4.82. The predicted molar refractivity (Wildman–Crippen MR) is 77.7 cm³/mol. The SMILES string of the molecule is O=CN(Cc1ccc(C(=O)O)cc1)c1ccc(Br)s1. The number of halogens is 1. The van der Waals surface area contributed by atoms with Crippen LogP contribution in [0.2, 0.25) is 0 Å². The zero-order valence-electron chi connectivity index (χ0n) is 9.75. The van der Waals surface area contributed by atoms with Crippen molar-refractivity contribution in [1.29, 1.82) is 0 Å². The second kappa shape index (κ2) is 5.99. The van der Waals surface area contributed by atoms with Crippen LogP contribution in [0.3, 0.4) is 0 Å². The average molecular weight is 340 g/mol. The maximum absolute atomic E-state index is 11.1. The highest BCUT2D eigenvalue weighted by Crippen LogP contribution is 2.30. The van der Waals surface area contributed by atoms with E-state index in [1.807, 2.05) is 12.1 Å². The van der Waals surface area contributed by atoms with Gasteiger partial charge in [-0.1, -0.05) is 12.1 Å². The number of hydrogen-bond donors (Lipinski definition) is 1. The zero-order chi connectivity index (χ0) is 13.8. The Bertz CT molecular complexity index is 594. The van der Waals surface area contributed by atoms with Gasteiger partial charge in [0, 0.05) is 0 Å². The highest BCUT2D eigenvalue weighted by atomic mass is 79.9. The van der Waals surface area contributed by atoms with Crippen molar-refractivity contribution in [2.75, 3.05) is 4.90 Å². The number of aromatic carboxylic acids is 1. The van der Waals surface area contributed by atoms with Crippen LogP contribution in [0, 0.1) is 0 Å². The van der Waals surface area contributed by atoms with Crippen LogP contribution in [0.5, 0.6) is 0 Å². The van der Waals surface area contributed by atoms with E-state index in [0.29, 0.717) is 6.54 Å². The summed E-state index contributed by atoms with van der Waals surface area (Å²) in [6.07, 6.45) is 0.767. The lowest BCUT2D eigenvalue weighted by Crippen LogP contribution is -2.19. The Morgan fingerprint density at radius 3 is 2.42 bits per heavy atom. The molecular weight excluding hydrogens is 330 g/mol. The lowest BCUT2D eigenvalue weighted by atomic mass is 10.1. The molecule has 98 valence electrons. The number of rotatable bonds is 5. The van der Waals surface area contributed by atoms with E-state index >= 15 is 0 Å². The van der Waals surface area contributed by atoms with E-state index < -0.39 is 5.97 Å². The van der Waals surface area contributed by atoms with Crippen LogP contribution in [-0.2, 0) is 11.3 Å². The molecule has 0 aliphatic heterocycles. The normalized spacial score (nSPS) is 10.2. The van der Waals surface area contributed by atoms with Crippen LogP contribution < -0.4 is 4.90 Å². The maximum Gasteiger partial charge on any atom is 0.335 e. The van der Waals surface area contributed by atoms with E-state index in [-0.39, 0.29) is 5.56 Å². The summed E-state index contributed by atoms with van der Waals surface area (Å²) in [5, 5.41) is 9.65. The van der Waals surface area contributed by atoms with Crippen LogP contribution in [0.25, 0.3) is 0 Å². The largest absolute Gasteiger partial charge is 0.478 e. The van der Waals surface area contributed by atoms with Gasteiger partial charge in [-0.25, -0.2) is 4.79 Å². The smallest absolute Gasteiger partial charge is 0.335 e. The summed E-state index contributed by atoms with van der Waals surface area (Å²) in [5.41, 5.74) is 1.11. The molecule has 0 fully saturated rings. The number of anilines is 1. The van der Waals surface area contributed by atoms with Gasteiger partial charge in [0.15, 0.2) is 0 Å². The molecule has 0 unspecified atom stereocenters. The second-order valence-corrected chi connectivity index (χ2v) is 6.25. The van der Waals surface area contributed by atoms with Crippen molar-refractivity contribution in [3.05, 3.63) is 51.3 Å². The maximum atomic E-state index is 11.1. The van der Waals surface area contributed by atoms with Gasteiger partial charge in [-0.3, -0.25) is 4.79 Å². The van der Waals surface area contributed by atoms with Crippen LogP contribution in [0.4, 0.5) is 5.00 Å². The Balaban J connectivity index is 2.14. The highest BCUT2D eigenvalue weighted by molar-refractivity contribution is 9.11. The van der Waals surface area contributed by atoms with E-state index in [4.69, 9.17) is 5.11 Å². The number of carboxylic acid groups (broad SMARTS) is 1. The van der Waals surface area contributed by atoms with Crippen LogP contribution in [-0.4, -0.2) is 17.5 Å². The number of carboxylic acids is 1. The quantitative estimate of drug-likeness (QED) is 0.849. The van der Waals surface area contributed by atoms with Crippen molar-refractivity contribution in [3.63, 3.8) is 0 Å². The third kappa shape index (κ3) is 3.42. The molecule has 1 amide bonds. The minimum atomic E-state index is -0.957. The molecule has 4 nitrogen and oxygen atoms in total. The minimum absolute atomic E-state index is 0.236. The lowest BCUT2D eigenvalue weighted by molar-refractivity contribution is -0.107. The number of hydrogen-bond acceptors (Lipinski definition) is 3. The van der Waals surface area contributed by atoms with E-state index in [0.717, 1.165) is 20.8 Å². The first-order valence-electron chi connectivity index (χ1n) is 5.39. The van der Waals surface area contributed by atoms with Gasteiger partial charge in [0.05, 0.1) is 20.9 Å². The van der Waals surface area contributed by atoms with Crippen LogP contribution in [0.1, 0.15) is 15.9 Å². The molecule has 1 aromatic heterocycles. The number of thiophene rings is 1. The second-order valence-electron chi connectivity index (χ2n) is 3.81. The molecule has 0 aliphatic rings. The first kappa shape index (κ1) is 13.8. The lowest BCUT2D eigenvalue weighted by Gasteiger charge is -2.15. The monoisotopic (exact) mass is 339 g/mol. The van der Waals surface area contributed by atoms with Crippen molar-refractivity contribution >= 4 is 44.6 Å². The van der Waals surface area contributed by atoms with Gasteiger partial charge >= 0.3 is 5.97 Å².